The molecule has 0 amide bonds. The van der Waals surface area contributed by atoms with Gasteiger partial charge in [-0.3, -0.25) is 0 Å². The maximum Gasteiger partial charge on any atom is 0.199 e. The van der Waals surface area contributed by atoms with Gasteiger partial charge in [0.15, 0.2) is 29.7 Å². The number of thioether (sulfide) groups is 1. The summed E-state index contributed by atoms with van der Waals surface area (Å²) >= 11 is 7.87. The van der Waals surface area contributed by atoms with Gasteiger partial charge < -0.3 is 17.2 Å². The number of anilines is 3. The highest BCUT2D eigenvalue weighted by atomic mass is 79.9. The number of nitrogen functional groups attached to an aromatic ring is 3. The van der Waals surface area contributed by atoms with Crippen molar-refractivity contribution in [1.29, 1.82) is 0 Å². The second kappa shape index (κ2) is 18.8. The summed E-state index contributed by atoms with van der Waals surface area (Å²) in [6, 6.07) is 0. The third-order valence-corrected chi connectivity index (χ3v) is 10.5. The van der Waals surface area contributed by atoms with E-state index in [1.807, 2.05) is 0 Å². The molecule has 20 heteroatoms. The summed E-state index contributed by atoms with van der Waals surface area (Å²) < 4.78 is 47.3. The van der Waals surface area contributed by atoms with Crippen LogP contribution in [-0.2, 0) is 19.7 Å². The number of hydrogen-bond acceptors (Lipinski definition) is 16. The molecule has 4 heterocycles. The zero-order chi connectivity index (χ0) is 34.4. The highest BCUT2D eigenvalue weighted by Gasteiger charge is 2.21. The maximum atomic E-state index is 11.5. The lowest BCUT2D eigenvalue weighted by molar-refractivity contribution is 0.581. The van der Waals surface area contributed by atoms with E-state index in [1.165, 1.54) is 31.0 Å². The molecule has 0 saturated heterocycles. The average molecular weight is 810 g/mol. The van der Waals surface area contributed by atoms with Crippen molar-refractivity contribution in [3.8, 4) is 0 Å². The Morgan fingerprint density at radius 1 is 0.533 bits per heavy atom. The maximum absolute atomic E-state index is 11.5. The van der Waals surface area contributed by atoms with Crippen molar-refractivity contribution >= 4 is 80.7 Å². The fourth-order valence-corrected chi connectivity index (χ4v) is 5.24. The minimum atomic E-state index is -3.32. The minimum absolute atomic E-state index is 0.0192. The molecule has 0 radical (unpaired) electrons. The molecular formula is C25H35Br2N11O4S3. The number of rotatable bonds is 6. The zero-order valence-electron chi connectivity index (χ0n) is 25.3. The first kappa shape index (κ1) is 40.0. The van der Waals surface area contributed by atoms with Crippen LogP contribution in [-0.4, -0.2) is 72.5 Å². The van der Waals surface area contributed by atoms with Crippen LogP contribution in [0.3, 0.4) is 0 Å². The van der Waals surface area contributed by atoms with Crippen LogP contribution < -0.4 is 17.2 Å². The summed E-state index contributed by atoms with van der Waals surface area (Å²) in [5.41, 5.74) is 15.9. The number of aromatic nitrogens is 8. The van der Waals surface area contributed by atoms with Gasteiger partial charge in [-0.25, -0.2) is 56.7 Å². The Hall–Kier alpha value is -3.07. The van der Waals surface area contributed by atoms with Gasteiger partial charge in [-0.2, -0.15) is 0 Å². The number of hydrogen-bond donors (Lipinski definition) is 3. The van der Waals surface area contributed by atoms with E-state index in [4.69, 9.17) is 17.2 Å². The molecule has 6 N–H and O–H groups in total. The average Bonchev–Trinajstić information content (AvgIpc) is 2.97. The number of sulfone groups is 2. The standard InChI is InChI=1S/C7H9BrN2O2S.C7H11N3O2S.C7H11N3S.C4H4BrN3/c2*1-5(2)13(11,12)7-4-9-6(8)3-10-7;1-5(2)11-7-4-9-6(8)3-10-7;5-3-1-8-4(6)2-7-3/h3-5H,1-2H3;3-5H,1-2H3,(H2,8,9);3-5H,1-2H3,(H2,8,9);1-2H,(H2,6,8). The molecule has 0 aliphatic carbocycles. The first-order chi connectivity index (χ1) is 20.9. The van der Waals surface area contributed by atoms with E-state index in [0.29, 0.717) is 26.1 Å². The number of halogens is 2. The van der Waals surface area contributed by atoms with Crippen LogP contribution in [0.15, 0.2) is 73.9 Å². The van der Waals surface area contributed by atoms with Gasteiger partial charge in [0.2, 0.25) is 0 Å². The molecule has 45 heavy (non-hydrogen) atoms. The van der Waals surface area contributed by atoms with Crippen molar-refractivity contribution < 1.29 is 16.8 Å². The van der Waals surface area contributed by atoms with Gasteiger partial charge in [-0.05, 0) is 59.6 Å². The molecule has 15 nitrogen and oxygen atoms in total. The van der Waals surface area contributed by atoms with E-state index in [0.717, 1.165) is 5.03 Å². The van der Waals surface area contributed by atoms with Gasteiger partial charge in [0.25, 0.3) is 0 Å². The summed E-state index contributed by atoms with van der Waals surface area (Å²) in [4.78, 5) is 30.5. The van der Waals surface area contributed by atoms with E-state index in [2.05, 4.69) is 85.6 Å². The zero-order valence-corrected chi connectivity index (χ0v) is 30.9. The molecule has 0 aromatic carbocycles. The Balaban J connectivity index is 0.000000304. The van der Waals surface area contributed by atoms with Crippen molar-refractivity contribution in [2.24, 2.45) is 0 Å². The SMILES string of the molecule is CC(C)S(=O)(=O)c1cnc(Br)cn1.CC(C)S(=O)(=O)c1cnc(N)cn1.CC(C)Sc1cnc(N)cn1.Nc1cnc(Br)cn1. The summed E-state index contributed by atoms with van der Waals surface area (Å²) in [7, 11) is -6.61. The molecule has 0 bridgehead atoms. The lowest BCUT2D eigenvalue weighted by Crippen LogP contribution is -2.15. The third kappa shape index (κ3) is 14.7. The van der Waals surface area contributed by atoms with E-state index in [9.17, 15) is 16.8 Å². The molecule has 0 unspecified atom stereocenters. The molecule has 246 valence electrons. The Bertz CT molecular complexity index is 1560. The smallest absolute Gasteiger partial charge is 0.199 e. The minimum Gasteiger partial charge on any atom is -0.382 e. The van der Waals surface area contributed by atoms with Crippen LogP contribution in [0.5, 0.6) is 0 Å². The summed E-state index contributed by atoms with van der Waals surface area (Å²) in [5, 5.41) is 0.484. The lowest BCUT2D eigenvalue weighted by atomic mass is 10.6. The van der Waals surface area contributed by atoms with E-state index >= 15 is 0 Å². The topological polar surface area (TPSA) is 249 Å². The Morgan fingerprint density at radius 2 is 0.889 bits per heavy atom. The van der Waals surface area contributed by atoms with Crippen molar-refractivity contribution in [1.82, 2.24) is 39.9 Å². The van der Waals surface area contributed by atoms with Gasteiger partial charge >= 0.3 is 0 Å². The van der Waals surface area contributed by atoms with Crippen LogP contribution in [0.25, 0.3) is 0 Å². The Labute approximate surface area is 284 Å². The predicted octanol–water partition coefficient (Wildman–Crippen LogP) is 4.04. The summed E-state index contributed by atoms with van der Waals surface area (Å²) in [5.74, 6) is 1.12. The van der Waals surface area contributed by atoms with Crippen LogP contribution in [0.1, 0.15) is 41.5 Å². The molecule has 4 rings (SSSR count). The quantitative estimate of drug-likeness (QED) is 0.233. The first-order valence-electron chi connectivity index (χ1n) is 12.9. The molecular weight excluding hydrogens is 774 g/mol. The molecule has 4 aromatic rings. The molecule has 0 aliphatic rings. The fourth-order valence-electron chi connectivity index (χ4n) is 2.35. The molecule has 0 fully saturated rings. The second-order valence-corrected chi connectivity index (χ2v) is 17.5. The van der Waals surface area contributed by atoms with Crippen LogP contribution in [0.2, 0.25) is 0 Å². The summed E-state index contributed by atoms with van der Waals surface area (Å²) in [6.07, 6.45) is 11.3. The molecule has 0 aliphatic heterocycles. The van der Waals surface area contributed by atoms with Crippen molar-refractivity contribution in [3.63, 3.8) is 0 Å². The molecule has 4 aromatic heterocycles. The molecule has 0 atom stereocenters. The number of nitrogens with zero attached hydrogens (tertiary/aromatic N) is 8. The van der Waals surface area contributed by atoms with E-state index in [-0.39, 0.29) is 15.9 Å². The number of nitrogens with two attached hydrogens (primary N) is 3. The normalized spacial score (nSPS) is 11.1. The fraction of sp³-hybridized carbons (Fsp3) is 0.360. The van der Waals surface area contributed by atoms with E-state index < -0.39 is 30.2 Å². The largest absolute Gasteiger partial charge is 0.382 e. The predicted molar refractivity (Wildman–Crippen MR) is 182 cm³/mol. The van der Waals surface area contributed by atoms with Gasteiger partial charge in [0.05, 0.1) is 60.1 Å². The summed E-state index contributed by atoms with van der Waals surface area (Å²) in [6.45, 7) is 10.6. The lowest BCUT2D eigenvalue weighted by Gasteiger charge is -2.05. The highest BCUT2D eigenvalue weighted by Crippen LogP contribution is 2.19. The first-order valence-corrected chi connectivity index (χ1v) is 18.4. The van der Waals surface area contributed by atoms with Crippen molar-refractivity contribution in [2.45, 2.75) is 72.4 Å². The van der Waals surface area contributed by atoms with Gasteiger partial charge in [-0.1, -0.05) is 13.8 Å². The monoisotopic (exact) mass is 807 g/mol. The highest BCUT2D eigenvalue weighted by molar-refractivity contribution is 9.10. The van der Waals surface area contributed by atoms with Gasteiger partial charge in [0, 0.05) is 5.25 Å². The molecule has 0 saturated carbocycles. The molecule has 0 spiro atoms. The third-order valence-electron chi connectivity index (χ3n) is 4.71. The van der Waals surface area contributed by atoms with Crippen LogP contribution in [0.4, 0.5) is 17.5 Å². The van der Waals surface area contributed by atoms with Crippen molar-refractivity contribution in [3.05, 3.63) is 58.8 Å². The second-order valence-electron chi connectivity index (χ2n) is 9.35. The van der Waals surface area contributed by atoms with Gasteiger partial charge in [-0.15, -0.1) is 11.8 Å². The van der Waals surface area contributed by atoms with Crippen LogP contribution in [0, 0.1) is 0 Å². The Morgan fingerprint density at radius 3 is 1.18 bits per heavy atom. The van der Waals surface area contributed by atoms with E-state index in [1.54, 1.807) is 58.0 Å². The Kier molecular flexibility index (Phi) is 16.7. The van der Waals surface area contributed by atoms with Gasteiger partial charge in [0.1, 0.15) is 31.7 Å². The van der Waals surface area contributed by atoms with Crippen LogP contribution >= 0.6 is 43.6 Å². The van der Waals surface area contributed by atoms with Crippen molar-refractivity contribution in [2.75, 3.05) is 17.2 Å².